The third-order valence-corrected chi connectivity index (χ3v) is 3.52. The lowest BCUT2D eigenvalue weighted by Crippen LogP contribution is -2.13. The van der Waals surface area contributed by atoms with Crippen LogP contribution in [0.5, 0.6) is 23.0 Å². The van der Waals surface area contributed by atoms with Gasteiger partial charge in [0.25, 0.3) is 5.91 Å². The van der Waals surface area contributed by atoms with Crippen LogP contribution in [0.15, 0.2) is 49.1 Å². The van der Waals surface area contributed by atoms with Gasteiger partial charge < -0.3 is 24.3 Å². The van der Waals surface area contributed by atoms with Gasteiger partial charge in [-0.05, 0) is 37.3 Å². The van der Waals surface area contributed by atoms with Gasteiger partial charge in [0, 0.05) is 11.6 Å². The Morgan fingerprint density at radius 3 is 2.50 bits per heavy atom. The van der Waals surface area contributed by atoms with Gasteiger partial charge in [-0.1, -0.05) is 12.7 Å². The van der Waals surface area contributed by atoms with Crippen molar-refractivity contribution in [3.8, 4) is 23.0 Å². The highest BCUT2D eigenvalue weighted by molar-refractivity contribution is 6.05. The van der Waals surface area contributed by atoms with Crippen LogP contribution in [0.2, 0.25) is 0 Å². The highest BCUT2D eigenvalue weighted by atomic mass is 16.5. The van der Waals surface area contributed by atoms with Gasteiger partial charge in [-0.2, -0.15) is 0 Å². The third kappa shape index (κ3) is 4.69. The first-order chi connectivity index (χ1) is 12.6. The third-order valence-electron chi connectivity index (χ3n) is 3.52. The van der Waals surface area contributed by atoms with Crippen LogP contribution >= 0.6 is 0 Å². The molecule has 0 aliphatic heterocycles. The van der Waals surface area contributed by atoms with Gasteiger partial charge >= 0.3 is 0 Å². The number of methoxy groups -OCH3 is 2. The summed E-state index contributed by atoms with van der Waals surface area (Å²) in [7, 11) is 3.10. The summed E-state index contributed by atoms with van der Waals surface area (Å²) in [5.41, 5.74) is 0.987. The van der Waals surface area contributed by atoms with E-state index < -0.39 is 0 Å². The van der Waals surface area contributed by atoms with E-state index in [9.17, 15) is 4.79 Å². The zero-order chi connectivity index (χ0) is 18.9. The van der Waals surface area contributed by atoms with Crippen molar-refractivity contribution in [1.29, 1.82) is 0 Å². The highest BCUT2D eigenvalue weighted by Gasteiger charge is 2.14. The summed E-state index contributed by atoms with van der Waals surface area (Å²) in [6.07, 6.45) is 1.65. The number of carbonyl (C=O) groups excluding carboxylic acids is 1. The first kappa shape index (κ1) is 19.2. The van der Waals surface area contributed by atoms with Crippen molar-refractivity contribution in [2.24, 2.45) is 0 Å². The van der Waals surface area contributed by atoms with Crippen molar-refractivity contribution >= 4 is 11.6 Å². The summed E-state index contributed by atoms with van der Waals surface area (Å²) in [5, 5.41) is 2.83. The van der Waals surface area contributed by atoms with Crippen LogP contribution in [0.4, 0.5) is 5.69 Å². The molecular formula is C20H23NO5. The molecule has 0 radical (unpaired) electrons. The fraction of sp³-hybridized carbons (Fsp3) is 0.250. The molecule has 0 spiro atoms. The average molecular weight is 357 g/mol. The van der Waals surface area contributed by atoms with Crippen LogP contribution in [0.1, 0.15) is 17.3 Å². The molecule has 0 heterocycles. The maximum atomic E-state index is 12.6. The Labute approximate surface area is 153 Å². The summed E-state index contributed by atoms with van der Waals surface area (Å²) < 4.78 is 21.6. The molecule has 1 N–H and O–H groups in total. The van der Waals surface area contributed by atoms with E-state index in [1.54, 1.807) is 49.6 Å². The first-order valence-electron chi connectivity index (χ1n) is 8.16. The Morgan fingerprint density at radius 2 is 1.85 bits per heavy atom. The molecule has 0 atom stereocenters. The van der Waals surface area contributed by atoms with Gasteiger partial charge in [-0.3, -0.25) is 4.79 Å². The van der Waals surface area contributed by atoms with E-state index in [0.29, 0.717) is 47.5 Å². The fourth-order valence-electron chi connectivity index (χ4n) is 2.28. The van der Waals surface area contributed by atoms with Gasteiger partial charge in [0.05, 0.1) is 26.5 Å². The van der Waals surface area contributed by atoms with Crippen molar-refractivity contribution in [1.82, 2.24) is 0 Å². The first-order valence-corrected chi connectivity index (χ1v) is 8.16. The van der Waals surface area contributed by atoms with Crippen molar-refractivity contribution in [2.45, 2.75) is 6.92 Å². The van der Waals surface area contributed by atoms with Gasteiger partial charge in [-0.15, -0.1) is 0 Å². The second-order valence-corrected chi connectivity index (χ2v) is 5.21. The largest absolute Gasteiger partial charge is 0.497 e. The summed E-state index contributed by atoms with van der Waals surface area (Å²) in [5.74, 6) is 1.93. The summed E-state index contributed by atoms with van der Waals surface area (Å²) in [6, 6.07) is 10.2. The summed E-state index contributed by atoms with van der Waals surface area (Å²) in [6.45, 7) is 6.31. The molecule has 2 aromatic carbocycles. The van der Waals surface area contributed by atoms with E-state index in [-0.39, 0.29) is 5.91 Å². The predicted molar refractivity (Wildman–Crippen MR) is 101 cm³/mol. The maximum Gasteiger partial charge on any atom is 0.255 e. The van der Waals surface area contributed by atoms with Crippen LogP contribution in [-0.4, -0.2) is 33.3 Å². The van der Waals surface area contributed by atoms with E-state index >= 15 is 0 Å². The molecule has 0 unspecified atom stereocenters. The molecule has 0 aliphatic rings. The average Bonchev–Trinajstić information content (AvgIpc) is 2.67. The van der Waals surface area contributed by atoms with Gasteiger partial charge in [-0.25, -0.2) is 0 Å². The highest BCUT2D eigenvalue weighted by Crippen LogP contribution is 2.31. The molecule has 138 valence electrons. The Balaban J connectivity index is 2.23. The molecule has 0 saturated carbocycles. The maximum absolute atomic E-state index is 12.6. The monoisotopic (exact) mass is 357 g/mol. The number of hydrogen-bond donors (Lipinski definition) is 1. The number of hydrogen-bond acceptors (Lipinski definition) is 5. The number of benzene rings is 2. The van der Waals surface area contributed by atoms with Crippen LogP contribution in [0.3, 0.4) is 0 Å². The van der Waals surface area contributed by atoms with Crippen molar-refractivity contribution in [3.63, 3.8) is 0 Å². The Bertz CT molecular complexity index is 773. The number of carbonyl (C=O) groups is 1. The minimum Gasteiger partial charge on any atom is -0.497 e. The lowest BCUT2D eigenvalue weighted by Gasteiger charge is -2.14. The Kier molecular flexibility index (Phi) is 6.91. The second-order valence-electron chi connectivity index (χ2n) is 5.21. The van der Waals surface area contributed by atoms with E-state index in [1.165, 1.54) is 7.11 Å². The number of anilines is 1. The number of amides is 1. The number of rotatable bonds is 9. The Hall–Kier alpha value is -3.15. The zero-order valence-electron chi connectivity index (χ0n) is 15.2. The predicted octanol–water partition coefficient (Wildman–Crippen LogP) is 3.92. The smallest absolute Gasteiger partial charge is 0.255 e. The molecular weight excluding hydrogens is 334 g/mol. The quantitative estimate of drug-likeness (QED) is 0.689. The van der Waals surface area contributed by atoms with Crippen molar-refractivity contribution < 1.29 is 23.7 Å². The molecule has 2 aromatic rings. The molecule has 0 aliphatic carbocycles. The van der Waals surface area contributed by atoms with Gasteiger partial charge in [0.15, 0.2) is 11.5 Å². The molecule has 6 heteroatoms. The standard InChI is InChI=1S/C20H23NO5/c1-5-11-26-17-10-7-14(12-19(17)25-6-2)20(22)21-16-9-8-15(23-3)13-18(16)24-4/h5,7-10,12-13H,1,6,11H2,2-4H3,(H,21,22). The van der Waals surface area contributed by atoms with E-state index in [0.717, 1.165) is 0 Å². The van der Waals surface area contributed by atoms with Gasteiger partial charge in [0.2, 0.25) is 0 Å². The SMILES string of the molecule is C=CCOc1ccc(C(=O)Nc2ccc(OC)cc2OC)cc1OCC. The van der Waals surface area contributed by atoms with E-state index in [4.69, 9.17) is 18.9 Å². The lowest BCUT2D eigenvalue weighted by molar-refractivity contribution is 0.102. The molecule has 0 fully saturated rings. The van der Waals surface area contributed by atoms with Crippen LogP contribution in [0.25, 0.3) is 0 Å². The molecule has 26 heavy (non-hydrogen) atoms. The van der Waals surface area contributed by atoms with Crippen LogP contribution < -0.4 is 24.3 Å². The molecule has 2 rings (SSSR count). The van der Waals surface area contributed by atoms with E-state index in [2.05, 4.69) is 11.9 Å². The topological polar surface area (TPSA) is 66.0 Å². The molecule has 1 amide bonds. The minimum atomic E-state index is -0.287. The van der Waals surface area contributed by atoms with Crippen molar-refractivity contribution in [2.75, 3.05) is 32.8 Å². The second kappa shape index (κ2) is 9.36. The molecule has 6 nitrogen and oxygen atoms in total. The van der Waals surface area contributed by atoms with E-state index in [1.807, 2.05) is 6.92 Å². The van der Waals surface area contributed by atoms with Crippen LogP contribution in [0, 0.1) is 0 Å². The summed E-state index contributed by atoms with van der Waals surface area (Å²) >= 11 is 0. The number of nitrogens with one attached hydrogen (secondary N) is 1. The van der Waals surface area contributed by atoms with Crippen LogP contribution in [-0.2, 0) is 0 Å². The fourth-order valence-corrected chi connectivity index (χ4v) is 2.28. The molecule has 0 bridgehead atoms. The van der Waals surface area contributed by atoms with Gasteiger partial charge in [0.1, 0.15) is 18.1 Å². The van der Waals surface area contributed by atoms with Crippen molar-refractivity contribution in [3.05, 3.63) is 54.6 Å². The minimum absolute atomic E-state index is 0.287. The number of ether oxygens (including phenoxy) is 4. The molecule has 0 saturated heterocycles. The summed E-state index contributed by atoms with van der Waals surface area (Å²) in [4.78, 5) is 12.6. The zero-order valence-corrected chi connectivity index (χ0v) is 15.2. The Morgan fingerprint density at radius 1 is 1.04 bits per heavy atom. The lowest BCUT2D eigenvalue weighted by atomic mass is 10.1. The molecule has 0 aromatic heterocycles. The normalized spacial score (nSPS) is 9.96.